The van der Waals surface area contributed by atoms with Crippen LogP contribution in [0.2, 0.25) is 0 Å². The molecule has 0 radical (unpaired) electrons. The average Bonchev–Trinajstić information content (AvgIpc) is 3.16. The summed E-state index contributed by atoms with van der Waals surface area (Å²) in [4.78, 5) is 16.9. The third-order valence-electron chi connectivity index (χ3n) is 5.42. The molecule has 1 aliphatic carbocycles. The van der Waals surface area contributed by atoms with Crippen LogP contribution in [0.1, 0.15) is 36.0 Å². The molecule has 0 spiro atoms. The molecule has 0 saturated heterocycles. The number of benzene rings is 3. The molecule has 1 amide bonds. The minimum atomic E-state index is -0.0405. The van der Waals surface area contributed by atoms with Gasteiger partial charge in [0.2, 0.25) is 0 Å². The zero-order chi connectivity index (χ0) is 17.5. The molecule has 2 aliphatic rings. The Labute approximate surface area is 152 Å². The number of carbonyl (C=O) groups excluding carboxylic acids is 1. The lowest BCUT2D eigenvalue weighted by molar-refractivity contribution is -0.114. The quantitative estimate of drug-likeness (QED) is 0.577. The van der Waals surface area contributed by atoms with Crippen molar-refractivity contribution < 1.29 is 4.79 Å². The molecule has 5 rings (SSSR count). The maximum absolute atomic E-state index is 12.5. The van der Waals surface area contributed by atoms with E-state index in [1.165, 1.54) is 21.9 Å². The molecule has 3 aromatic rings. The number of carbonyl (C=O) groups is 1. The number of rotatable bonds is 5. The monoisotopic (exact) mass is 337 g/mol. The summed E-state index contributed by atoms with van der Waals surface area (Å²) < 4.78 is 0. The molecule has 0 N–H and O–H groups in total. The molecule has 0 saturated carbocycles. The second-order valence-corrected chi connectivity index (χ2v) is 7.02. The van der Waals surface area contributed by atoms with E-state index in [2.05, 4.69) is 65.7 Å². The maximum atomic E-state index is 12.5. The number of aryl methyl sites for hydroxylation is 1. The molecule has 1 heterocycles. The number of nitrogens with zero attached hydrogens (tertiary/aromatic N) is 1. The maximum Gasteiger partial charge on any atom is 0.274 e. The van der Waals surface area contributed by atoms with Crippen LogP contribution in [0.25, 0.3) is 16.3 Å². The first-order chi connectivity index (χ1) is 12.8. The van der Waals surface area contributed by atoms with E-state index >= 15 is 0 Å². The van der Waals surface area contributed by atoms with Crippen molar-refractivity contribution in [3.8, 4) is 0 Å². The Kier molecular flexibility index (Phi) is 3.56. The lowest BCUT2D eigenvalue weighted by Gasteiger charge is -2.06. The van der Waals surface area contributed by atoms with Gasteiger partial charge in [0.05, 0.1) is 5.71 Å². The Morgan fingerprint density at radius 2 is 1.46 bits per heavy atom. The number of aliphatic imine (C=N–C) groups is 1. The normalized spacial score (nSPS) is 14.9. The van der Waals surface area contributed by atoms with Crippen molar-refractivity contribution in [2.45, 2.75) is 25.7 Å². The van der Waals surface area contributed by atoms with E-state index in [0.29, 0.717) is 0 Å². The SMILES string of the molecule is O=C1N=C2C(=C1CCCCc1ccccc1)c1cccc3cccc2c13. The van der Waals surface area contributed by atoms with Crippen molar-refractivity contribution in [2.75, 3.05) is 0 Å². The Morgan fingerprint density at radius 3 is 2.27 bits per heavy atom. The highest BCUT2D eigenvalue weighted by atomic mass is 16.1. The summed E-state index contributed by atoms with van der Waals surface area (Å²) in [5, 5.41) is 2.47. The Morgan fingerprint density at radius 1 is 0.731 bits per heavy atom. The lowest BCUT2D eigenvalue weighted by Crippen LogP contribution is -1.98. The van der Waals surface area contributed by atoms with Crippen molar-refractivity contribution in [1.29, 1.82) is 0 Å². The van der Waals surface area contributed by atoms with Gasteiger partial charge in [-0.25, -0.2) is 4.99 Å². The zero-order valence-electron chi connectivity index (χ0n) is 14.5. The zero-order valence-corrected chi connectivity index (χ0v) is 14.5. The minimum Gasteiger partial charge on any atom is -0.267 e. The molecule has 1 aliphatic heterocycles. The fourth-order valence-electron chi connectivity index (χ4n) is 4.21. The van der Waals surface area contributed by atoms with E-state index in [1.54, 1.807) is 0 Å². The second-order valence-electron chi connectivity index (χ2n) is 7.02. The van der Waals surface area contributed by atoms with Crippen LogP contribution >= 0.6 is 0 Å². The van der Waals surface area contributed by atoms with Crippen LogP contribution < -0.4 is 0 Å². The third kappa shape index (κ3) is 2.33. The summed E-state index contributed by atoms with van der Waals surface area (Å²) in [6.07, 6.45) is 3.95. The van der Waals surface area contributed by atoms with E-state index in [-0.39, 0.29) is 5.91 Å². The fourth-order valence-corrected chi connectivity index (χ4v) is 4.21. The number of hydrogen-bond donors (Lipinski definition) is 0. The van der Waals surface area contributed by atoms with Gasteiger partial charge in [0, 0.05) is 16.7 Å². The van der Waals surface area contributed by atoms with Gasteiger partial charge in [-0.3, -0.25) is 4.79 Å². The number of hydrogen-bond acceptors (Lipinski definition) is 1. The molecule has 2 nitrogen and oxygen atoms in total. The fraction of sp³-hybridized carbons (Fsp3) is 0.167. The van der Waals surface area contributed by atoms with Crippen LogP contribution in [0, 0.1) is 0 Å². The Balaban J connectivity index is 1.42. The molecule has 0 bridgehead atoms. The predicted octanol–water partition coefficient (Wildman–Crippen LogP) is 5.35. The second kappa shape index (κ2) is 6.06. The molecular formula is C24H19NO. The van der Waals surface area contributed by atoms with E-state index in [1.807, 2.05) is 6.07 Å². The van der Waals surface area contributed by atoms with Crippen molar-refractivity contribution in [2.24, 2.45) is 4.99 Å². The molecule has 0 atom stereocenters. The highest BCUT2D eigenvalue weighted by Crippen LogP contribution is 2.43. The molecule has 3 aromatic carbocycles. The Hall–Kier alpha value is -3.00. The van der Waals surface area contributed by atoms with Gasteiger partial charge in [-0.05, 0) is 47.6 Å². The van der Waals surface area contributed by atoms with E-state index in [0.717, 1.165) is 48.1 Å². The lowest BCUT2D eigenvalue weighted by atomic mass is 9.96. The van der Waals surface area contributed by atoms with Gasteiger partial charge >= 0.3 is 0 Å². The van der Waals surface area contributed by atoms with Crippen LogP contribution in [-0.2, 0) is 11.2 Å². The molecule has 0 fully saturated rings. The average molecular weight is 337 g/mol. The largest absolute Gasteiger partial charge is 0.274 e. The van der Waals surface area contributed by atoms with Gasteiger partial charge < -0.3 is 0 Å². The summed E-state index contributed by atoms with van der Waals surface area (Å²) in [6.45, 7) is 0. The van der Waals surface area contributed by atoms with Crippen LogP contribution in [0.4, 0.5) is 0 Å². The molecule has 0 aromatic heterocycles. The van der Waals surface area contributed by atoms with Gasteiger partial charge in [-0.15, -0.1) is 0 Å². The van der Waals surface area contributed by atoms with Crippen LogP contribution in [0.3, 0.4) is 0 Å². The molecule has 26 heavy (non-hydrogen) atoms. The summed E-state index contributed by atoms with van der Waals surface area (Å²) in [7, 11) is 0. The highest BCUT2D eigenvalue weighted by molar-refractivity contribution is 6.49. The molecule has 126 valence electrons. The first-order valence-electron chi connectivity index (χ1n) is 9.26. The molecular weight excluding hydrogens is 318 g/mol. The van der Waals surface area contributed by atoms with Gasteiger partial charge in [-0.1, -0.05) is 66.7 Å². The van der Waals surface area contributed by atoms with Gasteiger partial charge in [0.15, 0.2) is 0 Å². The summed E-state index contributed by atoms with van der Waals surface area (Å²) in [5.41, 5.74) is 6.53. The first-order valence-corrected chi connectivity index (χ1v) is 9.26. The van der Waals surface area contributed by atoms with Gasteiger partial charge in [0.25, 0.3) is 5.91 Å². The van der Waals surface area contributed by atoms with Crippen molar-refractivity contribution in [1.82, 2.24) is 0 Å². The summed E-state index contributed by atoms with van der Waals surface area (Å²) in [6, 6.07) is 23.1. The highest BCUT2D eigenvalue weighted by Gasteiger charge is 2.34. The smallest absolute Gasteiger partial charge is 0.267 e. The van der Waals surface area contributed by atoms with Crippen molar-refractivity contribution in [3.63, 3.8) is 0 Å². The van der Waals surface area contributed by atoms with E-state index < -0.39 is 0 Å². The number of allylic oxidation sites excluding steroid dienone is 1. The third-order valence-corrected chi connectivity index (χ3v) is 5.42. The van der Waals surface area contributed by atoms with Crippen LogP contribution in [-0.4, -0.2) is 11.6 Å². The van der Waals surface area contributed by atoms with Crippen LogP contribution in [0.5, 0.6) is 0 Å². The number of fused-ring (bicyclic) bond motifs is 3. The summed E-state index contributed by atoms with van der Waals surface area (Å²) in [5.74, 6) is -0.0405. The van der Waals surface area contributed by atoms with Crippen molar-refractivity contribution >= 4 is 28.0 Å². The molecule has 2 heteroatoms. The predicted molar refractivity (Wildman–Crippen MR) is 106 cm³/mol. The van der Waals surface area contributed by atoms with Crippen molar-refractivity contribution in [3.05, 3.63) is 89.0 Å². The standard InChI is InChI=1S/C24H19NO/c26-24-20(13-5-4-10-16-8-2-1-3-9-16)22-18-14-6-11-17-12-7-15-19(21(17)18)23(22)25-24/h1-3,6-9,11-12,14-15H,4-5,10,13H2. The number of amides is 1. The number of unbranched alkanes of at least 4 members (excludes halogenated alkanes) is 1. The van der Waals surface area contributed by atoms with E-state index in [9.17, 15) is 4.79 Å². The first kappa shape index (κ1) is 15.3. The van der Waals surface area contributed by atoms with Crippen LogP contribution in [0.15, 0.2) is 77.3 Å². The Bertz CT molecular complexity index is 1080. The van der Waals surface area contributed by atoms with Gasteiger partial charge in [0.1, 0.15) is 0 Å². The topological polar surface area (TPSA) is 29.4 Å². The minimum absolute atomic E-state index is 0.0405. The summed E-state index contributed by atoms with van der Waals surface area (Å²) >= 11 is 0. The van der Waals surface area contributed by atoms with E-state index in [4.69, 9.17) is 0 Å². The molecule has 0 unspecified atom stereocenters. The van der Waals surface area contributed by atoms with Gasteiger partial charge in [-0.2, -0.15) is 0 Å².